The molecule has 0 spiro atoms. The second-order valence-electron chi connectivity index (χ2n) is 4.56. The molecule has 88 valence electrons. The first-order chi connectivity index (χ1) is 7.48. The standard InChI is InChI=1S/C12H17NO2S/c1-9(13)10-2-4-11(5-3-10)12-6-7-16(14,15)8-12/h2-5,9,12H,6-8,13H2,1H3/t9-,12+/m0/s1. The van der Waals surface area contributed by atoms with Crippen molar-refractivity contribution in [2.75, 3.05) is 11.5 Å². The average Bonchev–Trinajstić information content (AvgIpc) is 2.59. The van der Waals surface area contributed by atoms with Crippen molar-refractivity contribution in [2.24, 2.45) is 5.73 Å². The molecule has 2 N–H and O–H groups in total. The Hall–Kier alpha value is -0.870. The van der Waals surface area contributed by atoms with Crippen LogP contribution in [-0.4, -0.2) is 19.9 Å². The summed E-state index contributed by atoms with van der Waals surface area (Å²) in [6.45, 7) is 1.94. The van der Waals surface area contributed by atoms with Crippen LogP contribution in [0.5, 0.6) is 0 Å². The van der Waals surface area contributed by atoms with Crippen molar-refractivity contribution in [3.05, 3.63) is 35.4 Å². The van der Waals surface area contributed by atoms with Gasteiger partial charge in [-0.1, -0.05) is 24.3 Å². The Bertz CT molecular complexity index is 462. The smallest absolute Gasteiger partial charge is 0.150 e. The van der Waals surface area contributed by atoms with Crippen LogP contribution in [0.2, 0.25) is 0 Å². The van der Waals surface area contributed by atoms with Crippen molar-refractivity contribution < 1.29 is 8.42 Å². The minimum atomic E-state index is -2.79. The van der Waals surface area contributed by atoms with Crippen molar-refractivity contribution in [3.63, 3.8) is 0 Å². The lowest BCUT2D eigenvalue weighted by molar-refractivity contribution is 0.601. The van der Waals surface area contributed by atoms with Crippen LogP contribution in [0.4, 0.5) is 0 Å². The summed E-state index contributed by atoms with van der Waals surface area (Å²) in [5.74, 6) is 0.796. The number of benzene rings is 1. The zero-order valence-corrected chi connectivity index (χ0v) is 10.2. The third kappa shape index (κ3) is 2.44. The van der Waals surface area contributed by atoms with Crippen molar-refractivity contribution in [1.82, 2.24) is 0 Å². The monoisotopic (exact) mass is 239 g/mol. The first kappa shape index (κ1) is 11.6. The van der Waals surface area contributed by atoms with E-state index >= 15 is 0 Å². The second-order valence-corrected chi connectivity index (χ2v) is 6.78. The number of nitrogens with two attached hydrogens (primary N) is 1. The Labute approximate surface area is 96.6 Å². The maximum Gasteiger partial charge on any atom is 0.150 e. The average molecular weight is 239 g/mol. The van der Waals surface area contributed by atoms with Crippen LogP contribution in [0.25, 0.3) is 0 Å². The summed E-state index contributed by atoms with van der Waals surface area (Å²) in [5, 5.41) is 0. The van der Waals surface area contributed by atoms with E-state index in [1.807, 2.05) is 31.2 Å². The van der Waals surface area contributed by atoms with E-state index in [1.165, 1.54) is 0 Å². The molecule has 0 aliphatic carbocycles. The van der Waals surface area contributed by atoms with E-state index in [1.54, 1.807) is 0 Å². The Balaban J connectivity index is 2.17. The third-order valence-electron chi connectivity index (χ3n) is 3.17. The highest BCUT2D eigenvalue weighted by molar-refractivity contribution is 7.91. The van der Waals surface area contributed by atoms with Gasteiger partial charge in [0.1, 0.15) is 0 Å². The first-order valence-electron chi connectivity index (χ1n) is 5.54. The molecule has 0 aromatic heterocycles. The fourth-order valence-electron chi connectivity index (χ4n) is 2.13. The van der Waals surface area contributed by atoms with E-state index in [0.29, 0.717) is 11.5 Å². The van der Waals surface area contributed by atoms with Crippen LogP contribution in [0.15, 0.2) is 24.3 Å². The Kier molecular flexibility index (Phi) is 3.04. The zero-order chi connectivity index (χ0) is 11.8. The third-order valence-corrected chi connectivity index (χ3v) is 4.93. The van der Waals surface area contributed by atoms with Crippen LogP contribution < -0.4 is 5.73 Å². The Morgan fingerprint density at radius 3 is 2.38 bits per heavy atom. The summed E-state index contributed by atoms with van der Waals surface area (Å²) in [6.07, 6.45) is 0.750. The summed E-state index contributed by atoms with van der Waals surface area (Å²) in [4.78, 5) is 0. The topological polar surface area (TPSA) is 60.2 Å². The molecule has 0 unspecified atom stereocenters. The van der Waals surface area contributed by atoms with E-state index in [4.69, 9.17) is 5.73 Å². The van der Waals surface area contributed by atoms with Crippen molar-refractivity contribution in [1.29, 1.82) is 0 Å². The summed E-state index contributed by atoms with van der Waals surface area (Å²) in [7, 11) is -2.79. The van der Waals surface area contributed by atoms with Crippen molar-refractivity contribution in [2.45, 2.75) is 25.3 Å². The summed E-state index contributed by atoms with van der Waals surface area (Å²) in [6, 6.07) is 8.02. The quantitative estimate of drug-likeness (QED) is 0.853. The molecule has 0 radical (unpaired) electrons. The molecular formula is C12H17NO2S. The van der Waals surface area contributed by atoms with E-state index in [9.17, 15) is 8.42 Å². The molecule has 2 rings (SSSR count). The molecule has 1 heterocycles. The van der Waals surface area contributed by atoms with Crippen molar-refractivity contribution >= 4 is 9.84 Å². The molecule has 1 aromatic rings. The minimum Gasteiger partial charge on any atom is -0.324 e. The molecule has 1 aliphatic rings. The molecule has 4 heteroatoms. The van der Waals surface area contributed by atoms with E-state index < -0.39 is 9.84 Å². The number of hydrogen-bond donors (Lipinski definition) is 1. The molecule has 2 atom stereocenters. The van der Waals surface area contributed by atoms with Gasteiger partial charge in [0.2, 0.25) is 0 Å². The summed E-state index contributed by atoms with van der Waals surface area (Å²) >= 11 is 0. The molecular weight excluding hydrogens is 222 g/mol. The normalized spacial score (nSPS) is 25.5. The maximum atomic E-state index is 11.4. The lowest BCUT2D eigenvalue weighted by Gasteiger charge is -2.10. The summed E-state index contributed by atoms with van der Waals surface area (Å²) < 4.78 is 22.7. The molecule has 1 fully saturated rings. The molecule has 1 aromatic carbocycles. The van der Waals surface area contributed by atoms with Gasteiger partial charge in [-0.15, -0.1) is 0 Å². The molecule has 0 saturated carbocycles. The van der Waals surface area contributed by atoms with E-state index in [0.717, 1.165) is 17.5 Å². The van der Waals surface area contributed by atoms with Gasteiger partial charge in [0.25, 0.3) is 0 Å². The lowest BCUT2D eigenvalue weighted by Crippen LogP contribution is -2.06. The molecule has 1 saturated heterocycles. The highest BCUT2D eigenvalue weighted by Crippen LogP contribution is 2.29. The number of rotatable bonds is 2. The Morgan fingerprint density at radius 1 is 1.31 bits per heavy atom. The molecule has 1 aliphatic heterocycles. The van der Waals surface area contributed by atoms with Gasteiger partial charge >= 0.3 is 0 Å². The molecule has 0 bridgehead atoms. The zero-order valence-electron chi connectivity index (χ0n) is 9.39. The van der Waals surface area contributed by atoms with Gasteiger partial charge < -0.3 is 5.73 Å². The SMILES string of the molecule is C[C@H](N)c1ccc([C@@H]2CCS(=O)(=O)C2)cc1. The highest BCUT2D eigenvalue weighted by atomic mass is 32.2. The van der Waals surface area contributed by atoms with E-state index in [2.05, 4.69) is 0 Å². The van der Waals surface area contributed by atoms with Gasteiger partial charge in [0, 0.05) is 6.04 Å². The fourth-order valence-corrected chi connectivity index (χ4v) is 3.91. The number of hydrogen-bond acceptors (Lipinski definition) is 3. The van der Waals surface area contributed by atoms with Gasteiger partial charge in [0.05, 0.1) is 11.5 Å². The van der Waals surface area contributed by atoms with Crippen LogP contribution in [0.3, 0.4) is 0 Å². The van der Waals surface area contributed by atoms with Gasteiger partial charge in [-0.05, 0) is 30.4 Å². The number of sulfone groups is 1. The van der Waals surface area contributed by atoms with Crippen LogP contribution in [0, 0.1) is 0 Å². The van der Waals surface area contributed by atoms with E-state index in [-0.39, 0.29) is 12.0 Å². The maximum absolute atomic E-state index is 11.4. The second kappa shape index (κ2) is 4.18. The molecule has 16 heavy (non-hydrogen) atoms. The van der Waals surface area contributed by atoms with Gasteiger partial charge in [0.15, 0.2) is 9.84 Å². The van der Waals surface area contributed by atoms with Gasteiger partial charge in [-0.25, -0.2) is 8.42 Å². The minimum absolute atomic E-state index is 0.0290. The lowest BCUT2D eigenvalue weighted by atomic mass is 9.96. The predicted octanol–water partition coefficient (Wildman–Crippen LogP) is 1.61. The molecule has 0 amide bonds. The highest BCUT2D eigenvalue weighted by Gasteiger charge is 2.28. The Morgan fingerprint density at radius 2 is 1.94 bits per heavy atom. The van der Waals surface area contributed by atoms with Crippen LogP contribution in [-0.2, 0) is 9.84 Å². The van der Waals surface area contributed by atoms with Crippen LogP contribution in [0.1, 0.15) is 36.4 Å². The first-order valence-corrected chi connectivity index (χ1v) is 7.36. The van der Waals surface area contributed by atoms with Crippen molar-refractivity contribution in [3.8, 4) is 0 Å². The summed E-state index contributed by atoms with van der Waals surface area (Å²) in [5.41, 5.74) is 7.97. The fraction of sp³-hybridized carbons (Fsp3) is 0.500. The van der Waals surface area contributed by atoms with Gasteiger partial charge in [-0.2, -0.15) is 0 Å². The van der Waals surface area contributed by atoms with Gasteiger partial charge in [-0.3, -0.25) is 0 Å². The van der Waals surface area contributed by atoms with Crippen LogP contribution >= 0.6 is 0 Å². The largest absolute Gasteiger partial charge is 0.324 e. The predicted molar refractivity (Wildman–Crippen MR) is 65.1 cm³/mol. The molecule has 3 nitrogen and oxygen atoms in total.